The first-order valence-electron chi connectivity index (χ1n) is 6.20. The van der Waals surface area contributed by atoms with Crippen LogP contribution in [0.1, 0.15) is 31.7 Å². The Morgan fingerprint density at radius 3 is 3.12 bits per heavy atom. The van der Waals surface area contributed by atoms with E-state index in [2.05, 4.69) is 38.8 Å². The molecule has 4 heteroatoms. The molecule has 1 aliphatic heterocycles. The molecule has 0 radical (unpaired) electrons. The number of halogens is 2. The van der Waals surface area contributed by atoms with Crippen molar-refractivity contribution in [3.8, 4) is 0 Å². The van der Waals surface area contributed by atoms with Crippen molar-refractivity contribution < 1.29 is 0 Å². The van der Waals surface area contributed by atoms with Crippen LogP contribution in [0.2, 0.25) is 0 Å². The van der Waals surface area contributed by atoms with Crippen LogP contribution in [0.15, 0.2) is 16.7 Å². The summed E-state index contributed by atoms with van der Waals surface area (Å²) in [6, 6.07) is 2.07. The molecule has 2 heterocycles. The lowest BCUT2D eigenvalue weighted by Gasteiger charge is -2.20. The van der Waals surface area contributed by atoms with Crippen LogP contribution in [-0.2, 0) is 5.88 Å². The van der Waals surface area contributed by atoms with Gasteiger partial charge in [-0.05, 0) is 40.8 Å². The Kier molecular flexibility index (Phi) is 4.69. The predicted molar refractivity (Wildman–Crippen MR) is 76.7 cm³/mol. The Morgan fingerprint density at radius 1 is 1.59 bits per heavy atom. The number of nitrogens with zero attached hydrogens (tertiary/aromatic N) is 2. The number of rotatable bonds is 4. The summed E-state index contributed by atoms with van der Waals surface area (Å²) < 4.78 is 1.00. The van der Waals surface area contributed by atoms with Crippen LogP contribution in [0, 0.1) is 5.92 Å². The van der Waals surface area contributed by atoms with Crippen molar-refractivity contribution >= 4 is 33.3 Å². The molecule has 1 aliphatic rings. The number of aromatic nitrogens is 1. The molecule has 2 rings (SSSR count). The molecule has 0 bridgehead atoms. The summed E-state index contributed by atoms with van der Waals surface area (Å²) in [6.07, 6.45) is 5.74. The van der Waals surface area contributed by atoms with Gasteiger partial charge < -0.3 is 4.90 Å². The fourth-order valence-electron chi connectivity index (χ4n) is 2.53. The van der Waals surface area contributed by atoms with Crippen LogP contribution < -0.4 is 4.90 Å². The predicted octanol–water partition coefficient (Wildman–Crippen LogP) is 4.21. The average Bonchev–Trinajstić information content (AvgIpc) is 2.78. The fraction of sp³-hybridized carbons (Fsp3) is 0.615. The minimum atomic E-state index is 0.525. The number of hydrogen-bond donors (Lipinski definition) is 0. The lowest BCUT2D eigenvalue weighted by Crippen LogP contribution is -2.22. The third-order valence-corrected chi connectivity index (χ3v) is 4.06. The molecule has 1 aromatic rings. The standard InChI is InChI=1S/C13H18BrClN2/c1-2-3-10-4-5-17(9-10)13-11(7-15)6-12(14)8-16-13/h6,8,10H,2-5,7,9H2,1H3. The summed E-state index contributed by atoms with van der Waals surface area (Å²) in [5.41, 5.74) is 1.12. The van der Waals surface area contributed by atoms with Crippen molar-refractivity contribution in [1.29, 1.82) is 0 Å². The Bertz CT molecular complexity index is 384. The summed E-state index contributed by atoms with van der Waals surface area (Å²) in [7, 11) is 0. The summed E-state index contributed by atoms with van der Waals surface area (Å²) in [6.45, 7) is 4.50. The van der Waals surface area contributed by atoms with Crippen molar-refractivity contribution in [2.75, 3.05) is 18.0 Å². The van der Waals surface area contributed by atoms with Crippen molar-refractivity contribution in [3.63, 3.8) is 0 Å². The zero-order valence-corrected chi connectivity index (χ0v) is 12.5. The van der Waals surface area contributed by atoms with Crippen LogP contribution in [-0.4, -0.2) is 18.1 Å². The van der Waals surface area contributed by atoms with Gasteiger partial charge in [0.1, 0.15) is 5.82 Å². The maximum atomic E-state index is 5.99. The van der Waals surface area contributed by atoms with Gasteiger partial charge in [0, 0.05) is 29.3 Å². The zero-order valence-electron chi connectivity index (χ0n) is 10.1. The van der Waals surface area contributed by atoms with Gasteiger partial charge in [0.25, 0.3) is 0 Å². The molecule has 1 atom stereocenters. The zero-order chi connectivity index (χ0) is 12.3. The normalized spacial score (nSPS) is 19.9. The number of pyridine rings is 1. The average molecular weight is 318 g/mol. The molecule has 1 aromatic heterocycles. The van der Waals surface area contributed by atoms with Gasteiger partial charge in [-0.2, -0.15) is 0 Å². The minimum absolute atomic E-state index is 0.525. The van der Waals surface area contributed by atoms with Crippen LogP contribution in [0.3, 0.4) is 0 Å². The number of hydrogen-bond acceptors (Lipinski definition) is 2. The molecule has 1 fully saturated rings. The van der Waals surface area contributed by atoms with Crippen LogP contribution in [0.4, 0.5) is 5.82 Å². The molecule has 0 spiro atoms. The van der Waals surface area contributed by atoms with Crippen molar-refractivity contribution in [2.45, 2.75) is 32.1 Å². The molecule has 0 N–H and O–H groups in total. The molecular formula is C13H18BrClN2. The first kappa shape index (κ1) is 13.2. The van der Waals surface area contributed by atoms with Crippen molar-refractivity contribution in [1.82, 2.24) is 4.98 Å². The van der Waals surface area contributed by atoms with Gasteiger partial charge in [0.15, 0.2) is 0 Å². The second-order valence-electron chi connectivity index (χ2n) is 4.66. The fourth-order valence-corrected chi connectivity index (χ4v) is 3.10. The molecule has 94 valence electrons. The molecule has 0 aliphatic carbocycles. The van der Waals surface area contributed by atoms with Gasteiger partial charge in [0.05, 0.1) is 5.88 Å². The summed E-state index contributed by atoms with van der Waals surface area (Å²) in [5.74, 6) is 2.42. The maximum absolute atomic E-state index is 5.99. The second kappa shape index (κ2) is 6.05. The van der Waals surface area contributed by atoms with Gasteiger partial charge in [-0.1, -0.05) is 13.3 Å². The van der Waals surface area contributed by atoms with Gasteiger partial charge >= 0.3 is 0 Å². The molecule has 0 aromatic carbocycles. The van der Waals surface area contributed by atoms with Gasteiger partial charge in [-0.15, -0.1) is 11.6 Å². The second-order valence-corrected chi connectivity index (χ2v) is 5.84. The third-order valence-electron chi connectivity index (χ3n) is 3.34. The highest BCUT2D eigenvalue weighted by molar-refractivity contribution is 9.10. The van der Waals surface area contributed by atoms with Gasteiger partial charge in [-0.3, -0.25) is 0 Å². The Labute approximate surface area is 116 Å². The number of anilines is 1. The van der Waals surface area contributed by atoms with E-state index in [4.69, 9.17) is 11.6 Å². The lowest BCUT2D eigenvalue weighted by atomic mass is 10.0. The highest BCUT2D eigenvalue weighted by Crippen LogP contribution is 2.29. The monoisotopic (exact) mass is 316 g/mol. The Hall–Kier alpha value is -0.280. The molecular weight excluding hydrogens is 300 g/mol. The van der Waals surface area contributed by atoms with E-state index < -0.39 is 0 Å². The molecule has 17 heavy (non-hydrogen) atoms. The highest BCUT2D eigenvalue weighted by Gasteiger charge is 2.24. The van der Waals surface area contributed by atoms with E-state index in [1.807, 2.05) is 6.20 Å². The van der Waals surface area contributed by atoms with Crippen LogP contribution in [0.5, 0.6) is 0 Å². The molecule has 1 unspecified atom stereocenters. The largest absolute Gasteiger partial charge is 0.356 e. The molecule has 0 saturated carbocycles. The lowest BCUT2D eigenvalue weighted by molar-refractivity contribution is 0.529. The van der Waals surface area contributed by atoms with Crippen molar-refractivity contribution in [3.05, 3.63) is 22.3 Å². The minimum Gasteiger partial charge on any atom is -0.356 e. The Balaban J connectivity index is 2.12. The SMILES string of the molecule is CCCC1CCN(c2ncc(Br)cc2CCl)C1. The highest BCUT2D eigenvalue weighted by atomic mass is 79.9. The van der Waals surface area contributed by atoms with E-state index in [1.165, 1.54) is 19.3 Å². The van der Waals surface area contributed by atoms with E-state index in [9.17, 15) is 0 Å². The van der Waals surface area contributed by atoms with Gasteiger partial charge in [-0.25, -0.2) is 4.98 Å². The van der Waals surface area contributed by atoms with E-state index in [0.717, 1.165) is 34.9 Å². The van der Waals surface area contributed by atoms with Gasteiger partial charge in [0.2, 0.25) is 0 Å². The molecule has 2 nitrogen and oxygen atoms in total. The van der Waals surface area contributed by atoms with Crippen LogP contribution in [0.25, 0.3) is 0 Å². The molecule has 0 amide bonds. The van der Waals surface area contributed by atoms with Crippen LogP contribution >= 0.6 is 27.5 Å². The molecule has 1 saturated heterocycles. The first-order valence-corrected chi connectivity index (χ1v) is 7.52. The smallest absolute Gasteiger partial charge is 0.133 e. The van der Waals surface area contributed by atoms with E-state index >= 15 is 0 Å². The quantitative estimate of drug-likeness (QED) is 0.773. The van der Waals surface area contributed by atoms with E-state index in [-0.39, 0.29) is 0 Å². The first-order chi connectivity index (χ1) is 8.24. The summed E-state index contributed by atoms with van der Waals surface area (Å²) in [5, 5.41) is 0. The Morgan fingerprint density at radius 2 is 2.41 bits per heavy atom. The number of alkyl halides is 1. The summed E-state index contributed by atoms with van der Waals surface area (Å²) >= 11 is 9.44. The third kappa shape index (κ3) is 3.14. The van der Waals surface area contributed by atoms with Crippen molar-refractivity contribution in [2.24, 2.45) is 5.92 Å². The topological polar surface area (TPSA) is 16.1 Å². The van der Waals surface area contributed by atoms with E-state index in [0.29, 0.717) is 5.88 Å². The van der Waals surface area contributed by atoms with E-state index in [1.54, 1.807) is 0 Å². The maximum Gasteiger partial charge on any atom is 0.133 e. The summed E-state index contributed by atoms with van der Waals surface area (Å²) in [4.78, 5) is 6.90.